The molecule has 3 aromatic rings. The summed E-state index contributed by atoms with van der Waals surface area (Å²) in [5.41, 5.74) is 4.96. The molecule has 1 fully saturated rings. The van der Waals surface area contributed by atoms with Gasteiger partial charge in [-0.15, -0.1) is 0 Å². The monoisotopic (exact) mass is 376 g/mol. The van der Waals surface area contributed by atoms with Gasteiger partial charge in [-0.2, -0.15) is 0 Å². The van der Waals surface area contributed by atoms with Gasteiger partial charge in [-0.25, -0.2) is 0 Å². The van der Waals surface area contributed by atoms with Crippen LogP contribution in [0.3, 0.4) is 0 Å². The lowest BCUT2D eigenvalue weighted by atomic mass is 10.1. The van der Waals surface area contributed by atoms with Crippen LogP contribution in [0.1, 0.15) is 22.8 Å². The molecule has 5 heteroatoms. The fourth-order valence-corrected chi connectivity index (χ4v) is 4.02. The van der Waals surface area contributed by atoms with Crippen molar-refractivity contribution < 1.29 is 4.79 Å². The van der Waals surface area contributed by atoms with E-state index in [4.69, 9.17) is 0 Å². The highest BCUT2D eigenvalue weighted by atomic mass is 16.1. The van der Waals surface area contributed by atoms with Crippen LogP contribution < -0.4 is 10.2 Å². The molecular formula is C23H28N4O. The number of hydrogen-bond acceptors (Lipinski definition) is 3. The van der Waals surface area contributed by atoms with E-state index < -0.39 is 0 Å². The molecule has 0 bridgehead atoms. The van der Waals surface area contributed by atoms with Gasteiger partial charge in [0, 0.05) is 61.7 Å². The predicted molar refractivity (Wildman–Crippen MR) is 116 cm³/mol. The zero-order chi connectivity index (χ0) is 19.7. The summed E-state index contributed by atoms with van der Waals surface area (Å²) in [6.45, 7) is 9.71. The second kappa shape index (κ2) is 7.68. The number of aryl methyl sites for hydroxylation is 2. The first-order valence-corrected chi connectivity index (χ1v) is 10.00. The molecule has 0 aliphatic carbocycles. The summed E-state index contributed by atoms with van der Waals surface area (Å²) < 4.78 is 2.00. The van der Waals surface area contributed by atoms with Crippen molar-refractivity contribution in [2.45, 2.75) is 13.8 Å². The van der Waals surface area contributed by atoms with Crippen molar-refractivity contribution in [2.75, 3.05) is 42.9 Å². The maximum atomic E-state index is 12.9. The molecule has 0 saturated carbocycles. The van der Waals surface area contributed by atoms with Crippen LogP contribution in [0.5, 0.6) is 0 Å². The van der Waals surface area contributed by atoms with Crippen LogP contribution in [0.15, 0.2) is 48.7 Å². The number of benzene rings is 2. The van der Waals surface area contributed by atoms with E-state index in [1.165, 1.54) is 5.69 Å². The molecular weight excluding hydrogens is 348 g/mol. The summed E-state index contributed by atoms with van der Waals surface area (Å²) in [7, 11) is 1.97. The van der Waals surface area contributed by atoms with Crippen LogP contribution >= 0.6 is 0 Å². The lowest BCUT2D eigenvalue weighted by Crippen LogP contribution is -2.46. The van der Waals surface area contributed by atoms with Crippen LogP contribution in [0, 0.1) is 6.92 Å². The number of para-hydroxylation sites is 1. The first kappa shape index (κ1) is 18.6. The third kappa shape index (κ3) is 3.50. The Morgan fingerprint density at radius 3 is 2.54 bits per heavy atom. The number of amides is 1. The van der Waals surface area contributed by atoms with Gasteiger partial charge < -0.3 is 19.7 Å². The van der Waals surface area contributed by atoms with Crippen molar-refractivity contribution in [3.8, 4) is 0 Å². The fraction of sp³-hybridized carbons (Fsp3) is 0.348. The Labute approximate surface area is 166 Å². The van der Waals surface area contributed by atoms with Crippen molar-refractivity contribution in [1.82, 2.24) is 9.47 Å². The molecule has 1 N–H and O–H groups in total. The second-order valence-electron chi connectivity index (χ2n) is 7.55. The van der Waals surface area contributed by atoms with Crippen molar-refractivity contribution in [1.29, 1.82) is 0 Å². The van der Waals surface area contributed by atoms with Gasteiger partial charge in [0.1, 0.15) is 0 Å². The van der Waals surface area contributed by atoms with Gasteiger partial charge in [0.05, 0.1) is 5.56 Å². The van der Waals surface area contributed by atoms with Crippen molar-refractivity contribution >= 4 is 28.2 Å². The topological polar surface area (TPSA) is 40.5 Å². The molecule has 0 spiro atoms. The van der Waals surface area contributed by atoms with E-state index in [-0.39, 0.29) is 5.91 Å². The lowest BCUT2D eigenvalue weighted by Gasteiger charge is -2.35. The number of nitrogens with one attached hydrogen (secondary N) is 1. The van der Waals surface area contributed by atoms with Crippen molar-refractivity contribution in [3.05, 3.63) is 59.8 Å². The third-order valence-corrected chi connectivity index (χ3v) is 5.78. The second-order valence-corrected chi connectivity index (χ2v) is 7.55. The summed E-state index contributed by atoms with van der Waals surface area (Å²) in [6, 6.07) is 14.3. The Morgan fingerprint density at radius 2 is 1.82 bits per heavy atom. The molecule has 1 amide bonds. The molecule has 0 unspecified atom stereocenters. The Balaban J connectivity index is 1.51. The van der Waals surface area contributed by atoms with Crippen LogP contribution in [-0.4, -0.2) is 48.1 Å². The number of hydrogen-bond donors (Lipinski definition) is 1. The van der Waals surface area contributed by atoms with E-state index in [2.05, 4.69) is 41.1 Å². The summed E-state index contributed by atoms with van der Waals surface area (Å²) in [6.07, 6.45) is 1.90. The quantitative estimate of drug-likeness (QED) is 0.751. The van der Waals surface area contributed by atoms with E-state index >= 15 is 0 Å². The Kier molecular flexibility index (Phi) is 5.09. The molecule has 0 atom stereocenters. The summed E-state index contributed by atoms with van der Waals surface area (Å²) in [4.78, 5) is 17.8. The van der Waals surface area contributed by atoms with Crippen LogP contribution in [0.2, 0.25) is 0 Å². The Morgan fingerprint density at radius 1 is 1.07 bits per heavy atom. The minimum absolute atomic E-state index is 0.0655. The molecule has 5 nitrogen and oxygen atoms in total. The summed E-state index contributed by atoms with van der Waals surface area (Å²) >= 11 is 0. The highest BCUT2D eigenvalue weighted by Gasteiger charge is 2.18. The fourth-order valence-electron chi connectivity index (χ4n) is 4.02. The number of likely N-dealkylation sites (N-methyl/N-ethyl adjacent to an activating group) is 1. The number of piperazine rings is 1. The van der Waals surface area contributed by atoms with Gasteiger partial charge in [0.2, 0.25) is 0 Å². The lowest BCUT2D eigenvalue weighted by molar-refractivity contribution is 0.102. The molecule has 2 aromatic carbocycles. The molecule has 1 aromatic heterocycles. The van der Waals surface area contributed by atoms with Crippen LogP contribution in [0.4, 0.5) is 11.4 Å². The number of nitrogens with zero attached hydrogens (tertiary/aromatic N) is 3. The van der Waals surface area contributed by atoms with E-state index in [9.17, 15) is 4.79 Å². The maximum absolute atomic E-state index is 12.9. The molecule has 4 rings (SSSR count). The molecule has 2 heterocycles. The van der Waals surface area contributed by atoms with E-state index in [1.54, 1.807) is 0 Å². The van der Waals surface area contributed by atoms with E-state index in [1.807, 2.05) is 48.1 Å². The largest absolute Gasteiger partial charge is 0.369 e. The van der Waals surface area contributed by atoms with Gasteiger partial charge in [-0.3, -0.25) is 4.79 Å². The van der Waals surface area contributed by atoms with Crippen molar-refractivity contribution in [3.63, 3.8) is 0 Å². The maximum Gasteiger partial charge on any atom is 0.257 e. The first-order valence-electron chi connectivity index (χ1n) is 10.00. The van der Waals surface area contributed by atoms with E-state index in [0.717, 1.165) is 54.9 Å². The van der Waals surface area contributed by atoms with Gasteiger partial charge in [-0.05, 0) is 43.3 Å². The normalized spacial score (nSPS) is 15.2. The average molecular weight is 377 g/mol. The minimum atomic E-state index is -0.0655. The van der Waals surface area contributed by atoms with Crippen molar-refractivity contribution in [2.24, 2.45) is 7.05 Å². The Hall–Kier alpha value is -2.79. The molecule has 1 saturated heterocycles. The van der Waals surface area contributed by atoms with Gasteiger partial charge in [0.25, 0.3) is 5.91 Å². The molecule has 1 aliphatic rings. The zero-order valence-corrected chi connectivity index (χ0v) is 16.9. The highest BCUT2D eigenvalue weighted by Crippen LogP contribution is 2.26. The smallest absolute Gasteiger partial charge is 0.257 e. The number of carbonyl (C=O) groups excluding carboxylic acids is 1. The third-order valence-electron chi connectivity index (χ3n) is 5.78. The molecule has 146 valence electrons. The predicted octanol–water partition coefficient (Wildman–Crippen LogP) is 3.88. The average Bonchev–Trinajstić information content (AvgIpc) is 3.06. The number of fused-ring (bicyclic) bond motifs is 1. The van der Waals surface area contributed by atoms with E-state index in [0.29, 0.717) is 5.56 Å². The van der Waals surface area contributed by atoms with Crippen LogP contribution in [0.25, 0.3) is 10.9 Å². The zero-order valence-electron chi connectivity index (χ0n) is 16.9. The number of aromatic nitrogens is 1. The highest BCUT2D eigenvalue weighted by molar-refractivity contribution is 6.13. The van der Waals surface area contributed by atoms with Gasteiger partial charge >= 0.3 is 0 Å². The minimum Gasteiger partial charge on any atom is -0.369 e. The number of anilines is 2. The number of rotatable bonds is 4. The standard InChI is InChI=1S/C23H28N4O/c1-4-26-11-13-27(14-12-26)18-9-10-21(17(2)15-18)24-23(28)20-16-25(3)22-8-6-5-7-19(20)22/h5-10,15-16H,4,11-14H2,1-3H3,(H,24,28). The number of carbonyl (C=O) groups is 1. The van der Waals surface area contributed by atoms with Gasteiger partial charge in [-0.1, -0.05) is 25.1 Å². The Bertz CT molecular complexity index is 999. The molecule has 0 radical (unpaired) electrons. The summed E-state index contributed by atoms with van der Waals surface area (Å²) in [5.74, 6) is -0.0655. The SMILES string of the molecule is CCN1CCN(c2ccc(NC(=O)c3cn(C)c4ccccc34)c(C)c2)CC1. The van der Waals surface area contributed by atoms with Crippen LogP contribution in [-0.2, 0) is 7.05 Å². The first-order chi connectivity index (χ1) is 13.6. The molecule has 28 heavy (non-hydrogen) atoms. The van der Waals surface area contributed by atoms with Gasteiger partial charge in [0.15, 0.2) is 0 Å². The molecule has 1 aliphatic heterocycles. The summed E-state index contributed by atoms with van der Waals surface area (Å²) in [5, 5.41) is 4.08.